The van der Waals surface area contributed by atoms with Gasteiger partial charge >= 0.3 is 0 Å². The largest absolute Gasteiger partial charge is 0.497 e. The van der Waals surface area contributed by atoms with Gasteiger partial charge in [0.1, 0.15) is 21.2 Å². The lowest BCUT2D eigenvalue weighted by Gasteiger charge is -2.33. The van der Waals surface area contributed by atoms with Gasteiger partial charge < -0.3 is 4.74 Å². The molecule has 0 fully saturated rings. The molecule has 0 aliphatic carbocycles. The Kier molecular flexibility index (Phi) is 6.20. The molecular weight excluding hydrogens is 567 g/mol. The lowest BCUT2D eigenvalue weighted by Crippen LogP contribution is -2.48. The Bertz CT molecular complexity index is 1390. The molecule has 34 heavy (non-hydrogen) atoms. The second-order valence-corrected chi connectivity index (χ2v) is 8.95. The van der Waals surface area contributed by atoms with Crippen LogP contribution >= 0.6 is 34.2 Å². The predicted molar refractivity (Wildman–Crippen MR) is 139 cm³/mol. The summed E-state index contributed by atoms with van der Waals surface area (Å²) in [5, 5.41) is 9.90. The highest BCUT2D eigenvalue weighted by Gasteiger charge is 2.34. The topological polar surface area (TPSA) is 95.5 Å². The molecule has 1 unspecified atom stereocenters. The van der Waals surface area contributed by atoms with Crippen molar-refractivity contribution in [3.63, 3.8) is 0 Å². The van der Waals surface area contributed by atoms with E-state index in [9.17, 15) is 4.79 Å². The fourth-order valence-electron chi connectivity index (χ4n) is 3.62. The molecular formula is C24H18ClIN6O2. The number of pyridine rings is 1. The minimum atomic E-state index is -0.333. The van der Waals surface area contributed by atoms with Crippen LogP contribution in [0.4, 0.5) is 5.69 Å². The molecule has 2 N–H and O–H groups in total. The average molecular weight is 585 g/mol. The lowest BCUT2D eigenvalue weighted by molar-refractivity contribution is 0.0864. The van der Waals surface area contributed by atoms with Gasteiger partial charge in [-0.05, 0) is 52.9 Å². The van der Waals surface area contributed by atoms with Gasteiger partial charge in [0, 0.05) is 29.1 Å². The van der Waals surface area contributed by atoms with E-state index in [1.165, 1.54) is 0 Å². The molecule has 10 heteroatoms. The van der Waals surface area contributed by atoms with Crippen molar-refractivity contribution in [1.29, 1.82) is 0 Å². The number of aromatic nitrogens is 3. The van der Waals surface area contributed by atoms with Crippen LogP contribution in [0, 0.1) is 0 Å². The Morgan fingerprint density at radius 3 is 2.71 bits per heavy atom. The summed E-state index contributed by atoms with van der Waals surface area (Å²) in [6.07, 6.45) is 3.15. The molecule has 0 saturated heterocycles. The van der Waals surface area contributed by atoms with Crippen LogP contribution in [0.15, 0.2) is 78.0 Å². The Morgan fingerprint density at radius 1 is 1.15 bits per heavy atom. The molecule has 0 saturated carbocycles. The second-order valence-electron chi connectivity index (χ2n) is 7.36. The number of H-pyrrole nitrogens is 1. The van der Waals surface area contributed by atoms with Crippen molar-refractivity contribution >= 4 is 51.6 Å². The molecule has 170 valence electrons. The van der Waals surface area contributed by atoms with Crippen LogP contribution in [-0.4, -0.2) is 39.0 Å². The highest BCUT2D eigenvalue weighted by Crippen LogP contribution is 2.44. The Balaban J connectivity index is 1.63. The SMILES string of the molecule is COc1cccc(C2=Nc3c(-c4ccccc4Cl)n[nH]c3C(I)N2NC(=O)c2ccncc2)c1. The van der Waals surface area contributed by atoms with Gasteiger partial charge in [-0.3, -0.25) is 20.3 Å². The first-order valence-corrected chi connectivity index (χ1v) is 11.9. The zero-order valence-corrected chi connectivity index (χ0v) is 20.8. The number of hydrogen-bond acceptors (Lipinski definition) is 6. The molecule has 2 aromatic carbocycles. The van der Waals surface area contributed by atoms with Gasteiger partial charge in [-0.15, -0.1) is 0 Å². The number of halogens is 2. The molecule has 3 heterocycles. The third-order valence-electron chi connectivity index (χ3n) is 5.30. The maximum Gasteiger partial charge on any atom is 0.269 e. The Morgan fingerprint density at radius 2 is 1.94 bits per heavy atom. The molecule has 1 atom stereocenters. The minimum absolute atomic E-state index is 0.283. The van der Waals surface area contributed by atoms with Crippen molar-refractivity contribution in [1.82, 2.24) is 25.6 Å². The van der Waals surface area contributed by atoms with E-state index < -0.39 is 0 Å². The number of ether oxygens (including phenoxy) is 1. The first-order valence-electron chi connectivity index (χ1n) is 10.3. The smallest absolute Gasteiger partial charge is 0.269 e. The van der Waals surface area contributed by atoms with E-state index in [4.69, 9.17) is 21.3 Å². The fraction of sp³-hybridized carbons (Fsp3) is 0.0833. The number of carbonyl (C=O) groups is 1. The number of alkyl halides is 1. The number of fused-ring (bicyclic) bond motifs is 1. The molecule has 1 aliphatic rings. The Labute approximate surface area is 214 Å². The molecule has 0 spiro atoms. The number of rotatable bonds is 5. The summed E-state index contributed by atoms with van der Waals surface area (Å²) in [4.78, 5) is 22.0. The third-order valence-corrected chi connectivity index (χ3v) is 6.81. The molecule has 8 nitrogen and oxygen atoms in total. The van der Waals surface area contributed by atoms with E-state index in [1.54, 1.807) is 36.6 Å². The van der Waals surface area contributed by atoms with Crippen LogP contribution in [0.3, 0.4) is 0 Å². The molecule has 1 aliphatic heterocycles. The zero-order chi connectivity index (χ0) is 23.7. The van der Waals surface area contributed by atoms with Gasteiger partial charge in [0.05, 0.1) is 17.8 Å². The molecule has 1 amide bonds. The van der Waals surface area contributed by atoms with Gasteiger partial charge in [-0.2, -0.15) is 5.10 Å². The van der Waals surface area contributed by atoms with E-state index >= 15 is 0 Å². The van der Waals surface area contributed by atoms with Crippen LogP contribution < -0.4 is 10.2 Å². The summed E-state index contributed by atoms with van der Waals surface area (Å²) in [5.74, 6) is 0.937. The number of methoxy groups -OCH3 is 1. The number of aromatic amines is 1. The number of carbonyl (C=O) groups excluding carboxylic acids is 1. The van der Waals surface area contributed by atoms with Crippen molar-refractivity contribution in [2.75, 3.05) is 7.11 Å². The number of nitrogens with one attached hydrogen (secondary N) is 2. The van der Waals surface area contributed by atoms with E-state index in [-0.39, 0.29) is 9.96 Å². The first kappa shape index (κ1) is 22.4. The van der Waals surface area contributed by atoms with Crippen molar-refractivity contribution in [3.05, 3.63) is 94.9 Å². The lowest BCUT2D eigenvalue weighted by atomic mass is 10.1. The number of nitrogens with zero attached hydrogens (tertiary/aromatic N) is 4. The highest BCUT2D eigenvalue weighted by molar-refractivity contribution is 14.1. The average Bonchev–Trinajstić information content (AvgIpc) is 3.30. The predicted octanol–water partition coefficient (Wildman–Crippen LogP) is 5.31. The minimum Gasteiger partial charge on any atom is -0.497 e. The number of amides is 1. The highest BCUT2D eigenvalue weighted by atomic mass is 127. The summed E-state index contributed by atoms with van der Waals surface area (Å²) in [7, 11) is 1.61. The number of aliphatic imine (C=N–C) groups is 1. The zero-order valence-electron chi connectivity index (χ0n) is 17.9. The van der Waals surface area contributed by atoms with E-state index in [0.29, 0.717) is 33.6 Å². The second kappa shape index (κ2) is 9.43. The summed E-state index contributed by atoms with van der Waals surface area (Å²) >= 11 is 8.71. The molecule has 0 radical (unpaired) electrons. The van der Waals surface area contributed by atoms with Gasteiger partial charge in [0.25, 0.3) is 5.91 Å². The van der Waals surface area contributed by atoms with Crippen LogP contribution in [0.25, 0.3) is 11.3 Å². The number of amidine groups is 1. The maximum absolute atomic E-state index is 13.0. The van der Waals surface area contributed by atoms with Crippen LogP contribution in [0.2, 0.25) is 5.02 Å². The summed E-state index contributed by atoms with van der Waals surface area (Å²) in [6, 6.07) is 18.3. The van der Waals surface area contributed by atoms with Gasteiger partial charge in [-0.25, -0.2) is 10.0 Å². The number of hydrazine groups is 1. The van der Waals surface area contributed by atoms with Gasteiger partial charge in [0.2, 0.25) is 0 Å². The fourth-order valence-corrected chi connectivity index (χ4v) is 4.68. The van der Waals surface area contributed by atoms with Gasteiger partial charge in [0.15, 0.2) is 5.84 Å². The van der Waals surface area contributed by atoms with E-state index in [1.807, 2.05) is 48.5 Å². The van der Waals surface area contributed by atoms with Crippen LogP contribution in [0.1, 0.15) is 25.7 Å². The van der Waals surface area contributed by atoms with Crippen molar-refractivity contribution in [2.24, 2.45) is 4.99 Å². The third kappa shape index (κ3) is 4.12. The van der Waals surface area contributed by atoms with Crippen molar-refractivity contribution < 1.29 is 9.53 Å². The van der Waals surface area contributed by atoms with Crippen molar-refractivity contribution in [2.45, 2.75) is 4.05 Å². The number of benzene rings is 2. The maximum atomic E-state index is 13.0. The first-order chi connectivity index (χ1) is 16.6. The number of hydrogen-bond donors (Lipinski definition) is 2. The molecule has 2 aromatic heterocycles. The molecule has 5 rings (SSSR count). The molecule has 0 bridgehead atoms. The normalized spacial score (nSPS) is 14.9. The standard InChI is InChI=1S/C24H18ClIN6O2/c1-34-16-6-4-5-15(13-16)23-28-20-19(17-7-2-3-8-18(17)25)29-30-21(20)22(26)32(23)31-24(33)14-9-11-27-12-10-14/h2-13,22H,1H3,(H,29,30)(H,31,33). The summed E-state index contributed by atoms with van der Waals surface area (Å²) in [6.45, 7) is 0. The van der Waals surface area contributed by atoms with E-state index in [2.05, 4.69) is 43.2 Å². The van der Waals surface area contributed by atoms with Crippen LogP contribution in [0.5, 0.6) is 5.75 Å². The van der Waals surface area contributed by atoms with Crippen molar-refractivity contribution in [3.8, 4) is 17.0 Å². The van der Waals surface area contributed by atoms with Gasteiger partial charge in [-0.1, -0.05) is 41.9 Å². The monoisotopic (exact) mass is 584 g/mol. The van der Waals surface area contributed by atoms with E-state index in [0.717, 1.165) is 16.8 Å². The quantitative estimate of drug-likeness (QED) is 0.188. The Hall–Kier alpha value is -3.44. The molecule has 4 aromatic rings. The summed E-state index contributed by atoms with van der Waals surface area (Å²) < 4.78 is 5.08. The summed E-state index contributed by atoms with van der Waals surface area (Å²) in [5.41, 5.74) is 7.07. The van der Waals surface area contributed by atoms with Crippen LogP contribution in [-0.2, 0) is 0 Å².